The van der Waals surface area contributed by atoms with Gasteiger partial charge in [-0.3, -0.25) is 4.79 Å². The molecule has 2 heterocycles. The third kappa shape index (κ3) is 3.84. The van der Waals surface area contributed by atoms with Gasteiger partial charge in [0.05, 0.1) is 10.6 Å². The summed E-state index contributed by atoms with van der Waals surface area (Å²) in [5.41, 5.74) is 0.442. The Morgan fingerprint density at radius 1 is 1.40 bits per heavy atom. The van der Waals surface area contributed by atoms with Crippen molar-refractivity contribution in [1.29, 1.82) is 0 Å². The first kappa shape index (κ1) is 15.5. The van der Waals surface area contributed by atoms with Crippen molar-refractivity contribution in [3.05, 3.63) is 28.0 Å². The molecule has 0 unspecified atom stereocenters. The maximum absolute atomic E-state index is 12.4. The maximum atomic E-state index is 12.4. The average Bonchev–Trinajstić information content (AvgIpc) is 2.41. The Labute approximate surface area is 129 Å². The fraction of sp³-hybridized carbons (Fsp3) is 0.571. The zero-order valence-electron chi connectivity index (χ0n) is 11.8. The number of carbonyl (C=O) groups is 1. The molecule has 0 saturated carbocycles. The van der Waals surface area contributed by atoms with Gasteiger partial charge in [-0.2, -0.15) is 0 Å². The average molecular weight is 316 g/mol. The number of hydrogen-bond acceptors (Lipinski definition) is 3. The molecule has 20 heavy (non-hydrogen) atoms. The zero-order valence-corrected chi connectivity index (χ0v) is 13.3. The van der Waals surface area contributed by atoms with Gasteiger partial charge in [-0.25, -0.2) is 4.98 Å². The monoisotopic (exact) mass is 315 g/mol. The molecular formula is C14H19Cl2N3O. The molecule has 1 aliphatic heterocycles. The van der Waals surface area contributed by atoms with Gasteiger partial charge in [0, 0.05) is 25.8 Å². The summed E-state index contributed by atoms with van der Waals surface area (Å²) in [6.07, 6.45) is 3.48. The van der Waals surface area contributed by atoms with Gasteiger partial charge in [0.2, 0.25) is 0 Å². The number of carbonyl (C=O) groups excluding carboxylic acids is 1. The summed E-state index contributed by atoms with van der Waals surface area (Å²) in [4.78, 5) is 20.4. The standard InChI is InChI=1S/C14H19Cl2N3O/c1-18(2)9-10-3-5-19(6-4-10)14(20)11-7-13(16)17-8-12(11)15/h7-8,10H,3-6,9H2,1-2H3. The van der Waals surface area contributed by atoms with Crippen molar-refractivity contribution in [2.45, 2.75) is 12.8 Å². The van der Waals surface area contributed by atoms with Gasteiger partial charge in [-0.15, -0.1) is 0 Å². The molecule has 6 heteroatoms. The topological polar surface area (TPSA) is 36.4 Å². The molecule has 1 aromatic rings. The first-order valence-corrected chi connectivity index (χ1v) is 7.48. The fourth-order valence-electron chi connectivity index (χ4n) is 2.58. The van der Waals surface area contributed by atoms with Crippen molar-refractivity contribution < 1.29 is 4.79 Å². The summed E-state index contributed by atoms with van der Waals surface area (Å²) in [5.74, 6) is 0.605. The Hall–Kier alpha value is -0.840. The number of piperidine rings is 1. The second-order valence-electron chi connectivity index (χ2n) is 5.48. The van der Waals surface area contributed by atoms with E-state index in [1.54, 1.807) is 0 Å². The lowest BCUT2D eigenvalue weighted by atomic mass is 9.96. The van der Waals surface area contributed by atoms with E-state index in [1.165, 1.54) is 12.3 Å². The highest BCUT2D eigenvalue weighted by atomic mass is 35.5. The third-order valence-corrected chi connectivity index (χ3v) is 4.09. The van der Waals surface area contributed by atoms with Crippen molar-refractivity contribution in [2.75, 3.05) is 33.7 Å². The van der Waals surface area contributed by atoms with E-state index in [4.69, 9.17) is 23.2 Å². The van der Waals surface area contributed by atoms with Crippen molar-refractivity contribution >= 4 is 29.1 Å². The lowest BCUT2D eigenvalue weighted by molar-refractivity contribution is 0.0678. The maximum Gasteiger partial charge on any atom is 0.255 e. The number of hydrogen-bond donors (Lipinski definition) is 0. The Kier molecular flexibility index (Phi) is 5.24. The highest BCUT2D eigenvalue weighted by molar-refractivity contribution is 6.35. The normalized spacial score (nSPS) is 16.8. The molecule has 1 aromatic heterocycles. The predicted molar refractivity (Wildman–Crippen MR) is 81.4 cm³/mol. The minimum absolute atomic E-state index is 0.0531. The summed E-state index contributed by atoms with van der Waals surface area (Å²) in [6.45, 7) is 2.62. The molecule has 1 fully saturated rings. The molecular weight excluding hydrogens is 297 g/mol. The van der Waals surface area contributed by atoms with E-state index in [2.05, 4.69) is 24.0 Å². The van der Waals surface area contributed by atoms with Crippen LogP contribution in [0, 0.1) is 5.92 Å². The van der Waals surface area contributed by atoms with E-state index in [1.807, 2.05) is 4.90 Å². The van der Waals surface area contributed by atoms with Crippen LogP contribution in [-0.2, 0) is 0 Å². The number of aromatic nitrogens is 1. The molecule has 2 rings (SSSR count). The van der Waals surface area contributed by atoms with Crippen LogP contribution in [-0.4, -0.2) is 54.4 Å². The van der Waals surface area contributed by atoms with Gasteiger partial charge >= 0.3 is 0 Å². The number of pyridine rings is 1. The third-order valence-electron chi connectivity index (χ3n) is 3.58. The molecule has 0 spiro atoms. The van der Waals surface area contributed by atoms with Gasteiger partial charge in [0.25, 0.3) is 5.91 Å². The Morgan fingerprint density at radius 3 is 2.65 bits per heavy atom. The minimum Gasteiger partial charge on any atom is -0.339 e. The highest BCUT2D eigenvalue weighted by Crippen LogP contribution is 2.23. The van der Waals surface area contributed by atoms with Crippen LogP contribution in [0.4, 0.5) is 0 Å². The summed E-state index contributed by atoms with van der Waals surface area (Å²) < 4.78 is 0. The lowest BCUT2D eigenvalue weighted by Gasteiger charge is -2.33. The predicted octanol–water partition coefficient (Wildman–Crippen LogP) is 2.80. The smallest absolute Gasteiger partial charge is 0.255 e. The van der Waals surface area contributed by atoms with E-state index >= 15 is 0 Å². The quantitative estimate of drug-likeness (QED) is 0.805. The summed E-state index contributed by atoms with van der Waals surface area (Å²) in [5, 5.41) is 0.648. The molecule has 0 aliphatic carbocycles. The van der Waals surface area contributed by atoms with Crippen molar-refractivity contribution in [1.82, 2.24) is 14.8 Å². The largest absolute Gasteiger partial charge is 0.339 e. The van der Waals surface area contributed by atoms with E-state index in [0.717, 1.165) is 32.5 Å². The van der Waals surface area contributed by atoms with Crippen LogP contribution in [0.2, 0.25) is 10.2 Å². The molecule has 1 aliphatic rings. The van der Waals surface area contributed by atoms with E-state index in [9.17, 15) is 4.79 Å². The van der Waals surface area contributed by atoms with Gasteiger partial charge in [0.15, 0.2) is 0 Å². The van der Waals surface area contributed by atoms with Gasteiger partial charge in [-0.1, -0.05) is 23.2 Å². The molecule has 0 atom stereocenters. The van der Waals surface area contributed by atoms with Crippen molar-refractivity contribution in [3.8, 4) is 0 Å². The lowest BCUT2D eigenvalue weighted by Crippen LogP contribution is -2.40. The molecule has 0 radical (unpaired) electrons. The first-order chi connectivity index (χ1) is 9.47. The van der Waals surface area contributed by atoms with E-state index in [-0.39, 0.29) is 5.91 Å². The molecule has 1 amide bonds. The van der Waals surface area contributed by atoms with Crippen LogP contribution in [0.1, 0.15) is 23.2 Å². The van der Waals surface area contributed by atoms with Crippen LogP contribution in [0.5, 0.6) is 0 Å². The molecule has 4 nitrogen and oxygen atoms in total. The van der Waals surface area contributed by atoms with Crippen LogP contribution < -0.4 is 0 Å². The van der Waals surface area contributed by atoms with Gasteiger partial charge in [-0.05, 0) is 38.9 Å². The number of nitrogens with zero attached hydrogens (tertiary/aromatic N) is 3. The van der Waals surface area contributed by atoms with Gasteiger partial charge < -0.3 is 9.80 Å². The minimum atomic E-state index is -0.0531. The highest BCUT2D eigenvalue weighted by Gasteiger charge is 2.25. The molecule has 0 bridgehead atoms. The van der Waals surface area contributed by atoms with Gasteiger partial charge in [0.1, 0.15) is 5.15 Å². The molecule has 1 saturated heterocycles. The molecule has 0 N–H and O–H groups in total. The van der Waals surface area contributed by atoms with Crippen LogP contribution in [0.25, 0.3) is 0 Å². The van der Waals surface area contributed by atoms with Crippen molar-refractivity contribution in [2.24, 2.45) is 5.92 Å². The Bertz CT molecular complexity index is 485. The first-order valence-electron chi connectivity index (χ1n) is 6.72. The second kappa shape index (κ2) is 6.74. The van der Waals surface area contributed by atoms with E-state index < -0.39 is 0 Å². The van der Waals surface area contributed by atoms with Crippen LogP contribution >= 0.6 is 23.2 Å². The summed E-state index contributed by atoms with van der Waals surface area (Å²) >= 11 is 11.9. The van der Waals surface area contributed by atoms with Crippen molar-refractivity contribution in [3.63, 3.8) is 0 Å². The van der Waals surface area contributed by atoms with Crippen LogP contribution in [0.3, 0.4) is 0 Å². The van der Waals surface area contributed by atoms with Crippen LogP contribution in [0.15, 0.2) is 12.3 Å². The molecule has 0 aromatic carbocycles. The number of rotatable bonds is 3. The number of likely N-dealkylation sites (tertiary alicyclic amines) is 1. The second-order valence-corrected chi connectivity index (χ2v) is 6.28. The Balaban J connectivity index is 2.00. The zero-order chi connectivity index (χ0) is 14.7. The summed E-state index contributed by atoms with van der Waals surface area (Å²) in [7, 11) is 4.16. The summed E-state index contributed by atoms with van der Waals surface area (Å²) in [6, 6.07) is 1.54. The Morgan fingerprint density at radius 2 is 2.05 bits per heavy atom. The van der Waals surface area contributed by atoms with E-state index in [0.29, 0.717) is 21.7 Å². The number of halogens is 2. The SMILES string of the molecule is CN(C)CC1CCN(C(=O)c2cc(Cl)ncc2Cl)CC1. The molecule has 110 valence electrons. The number of amides is 1. The fourth-order valence-corrected chi connectivity index (χ4v) is 2.92.